The maximum absolute atomic E-state index is 4.65. The monoisotopic (exact) mass is 457 g/mol. The second-order valence-electron chi connectivity index (χ2n) is 4.14. The average Bonchev–Trinajstić information content (AvgIpc) is 2.23. The molecule has 3 N–H and O–H groups in total. The predicted octanol–water partition coefficient (Wildman–Crippen LogP) is 0.116. The van der Waals surface area contributed by atoms with E-state index in [9.17, 15) is 0 Å². The van der Waals surface area contributed by atoms with Gasteiger partial charge < -0.3 is 20.4 Å². The summed E-state index contributed by atoms with van der Waals surface area (Å²) in [6.45, 7) is 1.42. The predicted molar refractivity (Wildman–Crippen MR) is 113 cm³/mol. The van der Waals surface area contributed by atoms with Crippen LogP contribution >= 0.6 is 74.5 Å². The van der Waals surface area contributed by atoms with E-state index in [2.05, 4.69) is 106 Å². The Balaban J connectivity index is -0.000000113. The average molecular weight is 459 g/mol. The second-order valence-corrected chi connectivity index (χ2v) is 7.57. The van der Waals surface area contributed by atoms with Crippen molar-refractivity contribution in [2.75, 3.05) is 48.3 Å². The van der Waals surface area contributed by atoms with Crippen molar-refractivity contribution in [1.82, 2.24) is 15.5 Å². The fourth-order valence-electron chi connectivity index (χ4n) is 0.339. The van der Waals surface area contributed by atoms with Crippen molar-refractivity contribution in [2.45, 2.75) is 0 Å². The van der Waals surface area contributed by atoms with E-state index in [0.29, 0.717) is 26.1 Å². The molecule has 4 nitrogen and oxygen atoms in total. The summed E-state index contributed by atoms with van der Waals surface area (Å²) in [6.07, 6.45) is 0. The molecular weight excluding hydrogens is 434 g/mol. The van der Waals surface area contributed by atoms with E-state index in [0.717, 1.165) is 0 Å². The minimum absolute atomic E-state index is 0. The number of nitrogens with one attached hydrogen (secondary N) is 3. The molecule has 0 bridgehead atoms. The third kappa shape index (κ3) is 52.4. The molecule has 11 heteroatoms. The summed E-state index contributed by atoms with van der Waals surface area (Å²) in [6, 6.07) is 0. The molecule has 0 amide bonds. The van der Waals surface area contributed by atoms with Crippen LogP contribution in [0.1, 0.15) is 0 Å². The Morgan fingerprint density at radius 2 is 1.10 bits per heavy atom. The van der Waals surface area contributed by atoms with E-state index >= 15 is 0 Å². The van der Waals surface area contributed by atoms with Gasteiger partial charge in [0.1, 0.15) is 13.0 Å². The molecule has 0 unspecified atom stereocenters. The van der Waals surface area contributed by atoms with Crippen LogP contribution in [0.3, 0.4) is 0 Å². The first-order valence-electron chi connectivity index (χ1n) is 5.61. The Labute approximate surface area is 174 Å². The van der Waals surface area contributed by atoms with Gasteiger partial charge in [-0.2, -0.15) is 0 Å². The molecule has 0 aromatic carbocycles. The molecule has 0 saturated carbocycles. The van der Waals surface area contributed by atoms with Gasteiger partial charge in [0, 0.05) is 27.2 Å². The molecule has 0 aliphatic heterocycles. The summed E-state index contributed by atoms with van der Waals surface area (Å²) in [7, 11) is 9.96. The standard InChI is InChI=1S/C4H8N2S4.C3H7NS2.C3H9N.Zn/c7-3(8)5-1-2-6-4(9)10;1-4(2)3(5)6;1-4(2)3;/h1-2H2,(H2,5,7,8)(H2,6,9,10);1-2H3,(H,5,6);1-3H3;/q;;;+2/p+1. The van der Waals surface area contributed by atoms with Gasteiger partial charge in [0.05, 0.1) is 21.1 Å². The van der Waals surface area contributed by atoms with Gasteiger partial charge in [-0.3, -0.25) is 0 Å². The quantitative estimate of drug-likeness (QED) is 0.156. The zero-order valence-electron chi connectivity index (χ0n) is 13.1. The minimum Gasteiger partial charge on any atom is -0.369 e. The number of rotatable bonds is 3. The van der Waals surface area contributed by atoms with Crippen molar-refractivity contribution in [1.29, 1.82) is 0 Å². The van der Waals surface area contributed by atoms with E-state index in [4.69, 9.17) is 0 Å². The molecule has 0 rings (SSSR count). The normalized spacial score (nSPS) is 8.05. The fourth-order valence-corrected chi connectivity index (χ4v) is 0.767. The third-order valence-electron chi connectivity index (χ3n) is 1.06. The van der Waals surface area contributed by atoms with Crippen LogP contribution in [0.4, 0.5) is 0 Å². The van der Waals surface area contributed by atoms with Gasteiger partial charge >= 0.3 is 19.5 Å². The first kappa shape index (κ1) is 30.2. The van der Waals surface area contributed by atoms with E-state index in [1.807, 2.05) is 14.1 Å². The van der Waals surface area contributed by atoms with Crippen LogP contribution in [0.2, 0.25) is 0 Å². The van der Waals surface area contributed by atoms with E-state index < -0.39 is 0 Å². The van der Waals surface area contributed by atoms with Gasteiger partial charge in [0.15, 0.2) is 0 Å². The van der Waals surface area contributed by atoms with Crippen molar-refractivity contribution in [3.05, 3.63) is 0 Å². The number of thiol groups is 3. The number of hydrogen-bond donors (Lipinski definition) is 6. The Morgan fingerprint density at radius 3 is 1.19 bits per heavy atom. The third-order valence-corrected chi connectivity index (χ3v) is 2.43. The van der Waals surface area contributed by atoms with Crippen LogP contribution in [-0.2, 0) is 19.5 Å². The van der Waals surface area contributed by atoms with Gasteiger partial charge in [0.25, 0.3) is 0 Å². The molecule has 0 aromatic heterocycles. The maximum atomic E-state index is 4.65. The first-order chi connectivity index (χ1) is 9.00. The topological polar surface area (TPSA) is 31.7 Å². The van der Waals surface area contributed by atoms with E-state index in [-0.39, 0.29) is 19.5 Å². The zero-order chi connectivity index (χ0) is 16.7. The largest absolute Gasteiger partial charge is 2.00 e. The molecule has 0 aromatic rings. The van der Waals surface area contributed by atoms with Crippen molar-refractivity contribution in [3.63, 3.8) is 0 Å². The molecule has 0 aliphatic carbocycles. The molecule has 0 saturated heterocycles. The van der Waals surface area contributed by atoms with Crippen molar-refractivity contribution < 1.29 is 24.4 Å². The van der Waals surface area contributed by atoms with Gasteiger partial charge in [0.2, 0.25) is 0 Å². The number of quaternary nitrogens is 1. The molecule has 0 heterocycles. The zero-order valence-corrected chi connectivity index (χ0v) is 21.2. The van der Waals surface area contributed by atoms with Crippen LogP contribution in [0.25, 0.3) is 0 Å². The van der Waals surface area contributed by atoms with Crippen molar-refractivity contribution in [2.24, 2.45) is 0 Å². The molecule has 0 aliphatic rings. The smallest absolute Gasteiger partial charge is 0.369 e. The Kier molecular flexibility index (Phi) is 30.7. The molecule has 21 heavy (non-hydrogen) atoms. The SMILES string of the molecule is CN(C)C(=S)S.C[NH+](C)C.S=C(S)NCCNC(=S)S.[Zn+2]. The summed E-state index contributed by atoms with van der Waals surface area (Å²) in [5, 5.41) is 5.68. The Bertz CT molecular complexity index is 270. The minimum atomic E-state index is 0. The van der Waals surface area contributed by atoms with Crippen molar-refractivity contribution in [3.8, 4) is 0 Å². The summed E-state index contributed by atoms with van der Waals surface area (Å²) in [4.78, 5) is 3.18. The van der Waals surface area contributed by atoms with Crippen LogP contribution in [-0.4, -0.2) is 66.2 Å². The van der Waals surface area contributed by atoms with Gasteiger partial charge in [-0.25, -0.2) is 0 Å². The Morgan fingerprint density at radius 1 is 0.905 bits per heavy atom. The molecule has 0 atom stereocenters. The van der Waals surface area contributed by atoms with Crippen LogP contribution in [0.5, 0.6) is 0 Å². The summed E-state index contributed by atoms with van der Waals surface area (Å²) >= 11 is 25.5. The molecule has 0 fully saturated rings. The second kappa shape index (κ2) is 21.3. The van der Waals surface area contributed by atoms with Crippen molar-refractivity contribution >= 4 is 87.5 Å². The number of nitrogens with zero attached hydrogens (tertiary/aromatic N) is 1. The maximum Gasteiger partial charge on any atom is 2.00 e. The van der Waals surface area contributed by atoms with Crippen LogP contribution < -0.4 is 15.5 Å². The fraction of sp³-hybridized carbons (Fsp3) is 0.700. The van der Waals surface area contributed by atoms with E-state index in [1.165, 1.54) is 4.90 Å². The molecule has 120 valence electrons. The number of hydrogen-bond acceptors (Lipinski definition) is 3. The van der Waals surface area contributed by atoms with Crippen LogP contribution in [0.15, 0.2) is 0 Å². The van der Waals surface area contributed by atoms with Gasteiger partial charge in [-0.1, -0.05) is 36.7 Å². The molecule has 0 spiro atoms. The van der Waals surface area contributed by atoms with Crippen LogP contribution in [0, 0.1) is 0 Å². The molecule has 0 radical (unpaired) electrons. The van der Waals surface area contributed by atoms with E-state index in [1.54, 1.807) is 4.90 Å². The summed E-state index contributed by atoms with van der Waals surface area (Å²) < 4.78 is 1.61. The van der Waals surface area contributed by atoms with Gasteiger partial charge in [-0.05, 0) is 0 Å². The first-order valence-corrected chi connectivity index (χ1v) is 8.17. The molecular formula is C10H25N4S6Zn+3. The van der Waals surface area contributed by atoms with Gasteiger partial charge in [-0.15, -0.1) is 37.9 Å². The Hall–Kier alpha value is 1.30. The summed E-state index contributed by atoms with van der Waals surface area (Å²) in [5.41, 5.74) is 0. The number of thiocarbonyl (C=S) groups is 3. The summed E-state index contributed by atoms with van der Waals surface area (Å²) in [5.74, 6) is 0.